The first kappa shape index (κ1) is 102. The second-order valence-corrected chi connectivity index (χ2v) is 32.7. The van der Waals surface area contributed by atoms with Gasteiger partial charge in [-0.2, -0.15) is 12.8 Å². The summed E-state index contributed by atoms with van der Waals surface area (Å²) in [4.78, 5) is 0. The average Bonchev–Trinajstić information content (AvgIpc) is 1.61. The number of nitrogens with zero attached hydrogens (tertiary/aromatic N) is 2. The first-order chi connectivity index (χ1) is 51.0. The van der Waals surface area contributed by atoms with E-state index in [9.17, 15) is 5.53 Å². The molecular weight excluding hydrogens is 1300 g/mol. The van der Waals surface area contributed by atoms with Crippen LogP contribution in [0.1, 0.15) is 533 Å². The van der Waals surface area contributed by atoms with Crippen LogP contribution in [0.3, 0.4) is 0 Å². The fourth-order valence-electron chi connectivity index (χ4n) is 15.6. The molecule has 0 spiro atoms. The Labute approximate surface area is 664 Å². The standard InChI is InChI=1S/C45H68N2.2C28H57.Ni/c1-5-9-13-17-20-22-26-38-30-34-40(35-31-38)44-42(28-24-16-12-8-4)43(29-25-19-15-11-7-3)45(47(44)46)41-36-32-39(33-37-41)27-23-21-18-14-10-6-2;2*1-3-5-7-9-11-13-15-17-19-21-23-25-27-28-26-24-22-20-18-16-14-12-10-8-6-4-2;/h25,29-37H,5-24,26-28H2,1-4H3;2*1,3-28H2,2H3;/q;2*-1;+2. The third-order valence-electron chi connectivity index (χ3n) is 22.6. The van der Waals surface area contributed by atoms with Crippen molar-refractivity contribution in [2.45, 2.75) is 523 Å². The van der Waals surface area contributed by atoms with Crippen LogP contribution in [0.15, 0.2) is 71.8 Å². The van der Waals surface area contributed by atoms with Crippen molar-refractivity contribution in [3.05, 3.63) is 113 Å². The molecule has 2 aromatic carbocycles. The molecule has 0 saturated heterocycles. The Bertz CT molecular complexity index is 2020. The van der Waals surface area contributed by atoms with Gasteiger partial charge in [0.05, 0.1) is 5.57 Å². The maximum Gasteiger partial charge on any atom is 2.00 e. The minimum Gasteiger partial charge on any atom is -0.493 e. The van der Waals surface area contributed by atoms with Gasteiger partial charge in [0.1, 0.15) is 0 Å². The molecule has 2 aromatic rings. The van der Waals surface area contributed by atoms with Crippen LogP contribution in [-0.4, -0.2) is 4.70 Å². The molecule has 0 radical (unpaired) electrons. The molecule has 3 rings (SSSR count). The molecule has 0 aromatic heterocycles. The first-order valence-electron chi connectivity index (χ1n) is 47.4. The Kier molecular flexibility index (Phi) is 81.4. The zero-order valence-corrected chi connectivity index (χ0v) is 72.4. The van der Waals surface area contributed by atoms with E-state index < -0.39 is 0 Å². The summed E-state index contributed by atoms with van der Waals surface area (Å²) >= 11 is 0. The van der Waals surface area contributed by atoms with Gasteiger partial charge in [0, 0.05) is 16.7 Å². The van der Waals surface area contributed by atoms with E-state index in [1.807, 2.05) is 0 Å². The Morgan fingerprint density at radius 2 is 0.452 bits per heavy atom. The van der Waals surface area contributed by atoms with Gasteiger partial charge in [-0.05, 0) is 86.8 Å². The van der Waals surface area contributed by atoms with Crippen LogP contribution in [-0.2, 0) is 29.3 Å². The predicted molar refractivity (Wildman–Crippen MR) is 469 cm³/mol. The van der Waals surface area contributed by atoms with Crippen LogP contribution in [0.5, 0.6) is 0 Å². The van der Waals surface area contributed by atoms with Crippen LogP contribution in [0, 0.1) is 13.8 Å². The summed E-state index contributed by atoms with van der Waals surface area (Å²) < 4.78 is 1.53. The molecule has 1 aliphatic rings. The Balaban J connectivity index is 0.00000162. The third kappa shape index (κ3) is 62.5. The van der Waals surface area contributed by atoms with Crippen molar-refractivity contribution in [3.63, 3.8) is 0 Å². The molecule has 0 amide bonds. The molecule has 104 heavy (non-hydrogen) atoms. The summed E-state index contributed by atoms with van der Waals surface area (Å²) in [6.45, 7) is 21.5. The van der Waals surface area contributed by atoms with Gasteiger partial charge in [0.2, 0.25) is 11.4 Å². The summed E-state index contributed by atoms with van der Waals surface area (Å²) in [5.41, 5.74) is 21.5. The summed E-state index contributed by atoms with van der Waals surface area (Å²) in [5, 5.41) is 0. The first-order valence-corrected chi connectivity index (χ1v) is 47.4. The Hall–Kier alpha value is -2.25. The van der Waals surface area contributed by atoms with Crippen LogP contribution in [0.25, 0.3) is 16.9 Å². The van der Waals surface area contributed by atoms with E-state index in [0.29, 0.717) is 0 Å². The van der Waals surface area contributed by atoms with Crippen molar-refractivity contribution in [3.8, 4) is 0 Å². The molecule has 0 fully saturated rings. The number of unbranched alkanes of at least 4 members (excludes halogenated alkanes) is 66. The van der Waals surface area contributed by atoms with E-state index in [1.54, 1.807) is 0 Å². The third-order valence-corrected chi connectivity index (χ3v) is 22.6. The van der Waals surface area contributed by atoms with Gasteiger partial charge in [-0.3, -0.25) is 0 Å². The zero-order valence-electron chi connectivity index (χ0n) is 71.4. The predicted octanol–water partition coefficient (Wildman–Crippen LogP) is 36.7. The molecule has 0 N–H and O–H groups in total. The molecule has 0 atom stereocenters. The van der Waals surface area contributed by atoms with Crippen molar-refractivity contribution < 1.29 is 21.2 Å². The van der Waals surface area contributed by atoms with Gasteiger partial charge in [-0.1, -0.05) is 495 Å². The molecule has 3 heteroatoms. The maximum atomic E-state index is 12.1. The van der Waals surface area contributed by atoms with E-state index in [1.165, 1.54) is 464 Å². The smallest absolute Gasteiger partial charge is 0.493 e. The monoisotopic (exact) mass is 1480 g/mol. The number of rotatable bonds is 76. The number of allylic oxidation sites excluding steroid dienone is 4. The quantitative estimate of drug-likeness (QED) is 0.0273. The maximum absolute atomic E-state index is 12.1. The normalized spacial score (nSPS) is 12.2. The van der Waals surface area contributed by atoms with Crippen molar-refractivity contribution in [2.75, 3.05) is 0 Å². The second kappa shape index (κ2) is 83.2. The molecule has 0 unspecified atom stereocenters. The molecule has 2 nitrogen and oxygen atoms in total. The van der Waals surface area contributed by atoms with Gasteiger partial charge in [-0.15, -0.1) is 0 Å². The van der Waals surface area contributed by atoms with Gasteiger partial charge >= 0.3 is 16.5 Å². The molecule has 1 aliphatic heterocycles. The summed E-state index contributed by atoms with van der Waals surface area (Å²) in [6, 6.07) is 18.2. The van der Waals surface area contributed by atoms with E-state index in [4.69, 9.17) is 0 Å². The number of hydrogen-bond donors (Lipinski definition) is 0. The molecule has 1 heterocycles. The van der Waals surface area contributed by atoms with Crippen molar-refractivity contribution in [1.29, 1.82) is 0 Å². The summed E-state index contributed by atoms with van der Waals surface area (Å²) in [5.74, 6) is 0. The van der Waals surface area contributed by atoms with Crippen LogP contribution in [0.4, 0.5) is 0 Å². The van der Waals surface area contributed by atoms with Gasteiger partial charge in [0.25, 0.3) is 0 Å². The van der Waals surface area contributed by atoms with Crippen molar-refractivity contribution in [2.24, 2.45) is 0 Å². The molecule has 0 aliphatic carbocycles. The Morgan fingerprint density at radius 3 is 0.702 bits per heavy atom. The SMILES string of the molecule is CCCCCC=CC1=C(c2ccc(CCCCCCCC)cc2)[N+](=[N-])C(c2ccc(CCCCCCCC)cc2)=C1CCCCCC.[CH2-]CCCCCCCCCCCCCCCCCCCCCCCCCCC.[CH2-]CCCCCCCCCCCCCCCCCCCCCCCCCCC.[Ni+2]. The van der Waals surface area contributed by atoms with Gasteiger partial charge in [-0.25, -0.2) is 4.70 Å². The zero-order chi connectivity index (χ0) is 74.3. The summed E-state index contributed by atoms with van der Waals surface area (Å²) in [7, 11) is 0. The fraction of sp³-hybridized carbons (Fsp3) is 0.802. The second-order valence-electron chi connectivity index (χ2n) is 32.7. The van der Waals surface area contributed by atoms with Crippen molar-refractivity contribution >= 4 is 11.4 Å². The van der Waals surface area contributed by atoms with Crippen LogP contribution in [0.2, 0.25) is 0 Å². The number of aryl methyl sites for hydroxylation is 2. The van der Waals surface area contributed by atoms with Crippen LogP contribution >= 0.6 is 0 Å². The average molecular weight is 1480 g/mol. The van der Waals surface area contributed by atoms with E-state index in [2.05, 4.69) is 116 Å². The van der Waals surface area contributed by atoms with E-state index in [-0.39, 0.29) is 16.5 Å². The minimum absolute atomic E-state index is 0. The molecular formula is C101H182N2Ni. The van der Waals surface area contributed by atoms with Gasteiger partial charge < -0.3 is 19.4 Å². The fourth-order valence-corrected chi connectivity index (χ4v) is 15.6. The van der Waals surface area contributed by atoms with E-state index in [0.717, 1.165) is 67.5 Å². The number of hydrogen-bond acceptors (Lipinski definition) is 0. The topological polar surface area (TPSA) is 25.3 Å². The molecule has 0 saturated carbocycles. The molecule has 606 valence electrons. The summed E-state index contributed by atoms with van der Waals surface area (Å²) in [6.07, 6.45) is 109. The minimum atomic E-state index is 0. The number of benzene rings is 2. The van der Waals surface area contributed by atoms with Crippen LogP contribution < -0.4 is 0 Å². The largest absolute Gasteiger partial charge is 2.00 e. The van der Waals surface area contributed by atoms with Gasteiger partial charge in [0.15, 0.2) is 0 Å². The van der Waals surface area contributed by atoms with E-state index >= 15 is 0 Å². The Morgan fingerprint density at radius 1 is 0.250 bits per heavy atom. The van der Waals surface area contributed by atoms with Crippen molar-refractivity contribution in [1.82, 2.24) is 0 Å². The molecule has 0 bridgehead atoms.